The minimum Gasteiger partial charge on any atom is -0.495 e. The number of anilines is 1. The highest BCUT2D eigenvalue weighted by Crippen LogP contribution is 2.36. The van der Waals surface area contributed by atoms with E-state index < -0.39 is 0 Å². The summed E-state index contributed by atoms with van der Waals surface area (Å²) in [4.78, 5) is 24.0. The van der Waals surface area contributed by atoms with Crippen LogP contribution in [0.25, 0.3) is 0 Å². The van der Waals surface area contributed by atoms with Crippen molar-refractivity contribution in [2.24, 2.45) is 0 Å². The maximum Gasteiger partial charge on any atom is 0.243 e. The lowest BCUT2D eigenvalue weighted by atomic mass is 10.2. The van der Waals surface area contributed by atoms with Crippen molar-refractivity contribution in [2.75, 3.05) is 24.7 Å². The third kappa shape index (κ3) is 4.72. The van der Waals surface area contributed by atoms with E-state index in [1.54, 1.807) is 10.7 Å². The van der Waals surface area contributed by atoms with Crippen LogP contribution >= 0.6 is 11.8 Å². The summed E-state index contributed by atoms with van der Waals surface area (Å²) in [6.07, 6.45) is 2.13. The maximum absolute atomic E-state index is 12.1. The van der Waals surface area contributed by atoms with Crippen molar-refractivity contribution < 1.29 is 14.3 Å². The molecule has 1 heterocycles. The third-order valence-electron chi connectivity index (χ3n) is 3.76. The van der Waals surface area contributed by atoms with E-state index in [1.165, 1.54) is 18.9 Å². The van der Waals surface area contributed by atoms with Crippen molar-refractivity contribution in [2.45, 2.75) is 31.0 Å². The molecule has 10 heteroatoms. The summed E-state index contributed by atoms with van der Waals surface area (Å²) in [7, 11) is 1.54. The Morgan fingerprint density at radius 2 is 2.15 bits per heavy atom. The lowest BCUT2D eigenvalue weighted by Gasteiger charge is -2.11. The molecule has 2 amide bonds. The number of thioether (sulfide) groups is 1. The van der Waals surface area contributed by atoms with Gasteiger partial charge in [-0.25, -0.2) is 4.68 Å². The number of nitrogens with zero attached hydrogens (tertiary/aromatic N) is 4. The van der Waals surface area contributed by atoms with Crippen LogP contribution in [-0.2, 0) is 9.59 Å². The van der Waals surface area contributed by atoms with Gasteiger partial charge in [0.05, 0.1) is 31.1 Å². The average molecular weight is 376 g/mol. The molecule has 1 aromatic carbocycles. The highest BCUT2D eigenvalue weighted by atomic mass is 32.2. The van der Waals surface area contributed by atoms with E-state index in [9.17, 15) is 9.59 Å². The molecule has 3 rings (SSSR count). The molecule has 0 aliphatic heterocycles. The Hall–Kier alpha value is -2.62. The van der Waals surface area contributed by atoms with Gasteiger partial charge in [-0.15, -0.1) is 5.10 Å². The van der Waals surface area contributed by atoms with Crippen LogP contribution < -0.4 is 15.4 Å². The molecule has 1 aromatic heterocycles. The monoisotopic (exact) mass is 376 g/mol. The van der Waals surface area contributed by atoms with Crippen molar-refractivity contribution in [1.82, 2.24) is 25.5 Å². The van der Waals surface area contributed by atoms with Gasteiger partial charge in [0, 0.05) is 0 Å². The van der Waals surface area contributed by atoms with Crippen LogP contribution in [0.2, 0.25) is 0 Å². The van der Waals surface area contributed by atoms with E-state index in [1.807, 2.05) is 19.1 Å². The first-order valence-electron chi connectivity index (χ1n) is 8.18. The standard InChI is InChI=1S/C16H20N6O3S/c1-10-3-6-13(25-2)12(7-10)18-14(23)8-17-15(24)9-26-16-19-20-21-22(16)11-4-5-11/h3,6-7,11H,4-5,8-9H2,1-2H3,(H,17,24)(H,18,23). The number of ether oxygens (including phenoxy) is 1. The van der Waals surface area contributed by atoms with Crippen molar-refractivity contribution in [1.29, 1.82) is 0 Å². The summed E-state index contributed by atoms with van der Waals surface area (Å²) >= 11 is 1.26. The Bertz CT molecular complexity index is 805. The molecule has 0 spiro atoms. The van der Waals surface area contributed by atoms with Crippen LogP contribution in [-0.4, -0.2) is 51.4 Å². The predicted octanol–water partition coefficient (Wildman–Crippen LogP) is 1.17. The van der Waals surface area contributed by atoms with Crippen LogP contribution in [0.4, 0.5) is 5.69 Å². The molecule has 1 aliphatic rings. The number of hydrogen-bond donors (Lipinski definition) is 2. The lowest BCUT2D eigenvalue weighted by Crippen LogP contribution is -2.34. The van der Waals surface area contributed by atoms with Gasteiger partial charge in [0.1, 0.15) is 5.75 Å². The molecule has 1 saturated carbocycles. The molecule has 1 fully saturated rings. The summed E-state index contributed by atoms with van der Waals surface area (Å²) in [5.74, 6) is 0.133. The number of carbonyl (C=O) groups is 2. The van der Waals surface area contributed by atoms with Gasteiger partial charge in [0.25, 0.3) is 0 Å². The molecule has 2 aromatic rings. The molecule has 0 unspecified atom stereocenters. The van der Waals surface area contributed by atoms with E-state index >= 15 is 0 Å². The number of hydrogen-bond acceptors (Lipinski definition) is 7. The number of benzene rings is 1. The van der Waals surface area contributed by atoms with Gasteiger partial charge < -0.3 is 15.4 Å². The van der Waals surface area contributed by atoms with E-state index in [0.717, 1.165) is 18.4 Å². The first-order valence-corrected chi connectivity index (χ1v) is 9.17. The number of tetrazole rings is 1. The summed E-state index contributed by atoms with van der Waals surface area (Å²) < 4.78 is 6.96. The second-order valence-electron chi connectivity index (χ2n) is 5.95. The number of aromatic nitrogens is 4. The quantitative estimate of drug-likeness (QED) is 0.665. The zero-order valence-electron chi connectivity index (χ0n) is 14.6. The summed E-state index contributed by atoms with van der Waals surface area (Å²) in [5, 5.41) is 17.4. The SMILES string of the molecule is COc1ccc(C)cc1NC(=O)CNC(=O)CSc1nnnn1C1CC1. The normalized spacial score (nSPS) is 13.3. The third-order valence-corrected chi connectivity index (χ3v) is 4.70. The first-order chi connectivity index (χ1) is 12.6. The number of methoxy groups -OCH3 is 1. The fourth-order valence-electron chi connectivity index (χ4n) is 2.30. The zero-order chi connectivity index (χ0) is 18.5. The van der Waals surface area contributed by atoms with E-state index in [0.29, 0.717) is 22.6 Å². The minimum absolute atomic E-state index is 0.121. The second-order valence-corrected chi connectivity index (χ2v) is 6.90. The number of carbonyl (C=O) groups excluding carboxylic acids is 2. The fraction of sp³-hybridized carbons (Fsp3) is 0.438. The zero-order valence-corrected chi connectivity index (χ0v) is 15.4. The molecule has 0 atom stereocenters. The number of aryl methyl sites for hydroxylation is 1. The smallest absolute Gasteiger partial charge is 0.243 e. The first kappa shape index (κ1) is 18.2. The Kier molecular flexibility index (Phi) is 5.71. The lowest BCUT2D eigenvalue weighted by molar-refractivity contribution is -0.122. The van der Waals surface area contributed by atoms with Gasteiger partial charge in [-0.1, -0.05) is 17.8 Å². The number of rotatable bonds is 8. The Balaban J connectivity index is 1.44. The van der Waals surface area contributed by atoms with Crippen LogP contribution in [0.5, 0.6) is 5.75 Å². The molecular weight excluding hydrogens is 356 g/mol. The van der Waals surface area contributed by atoms with Crippen LogP contribution in [0.1, 0.15) is 24.4 Å². The fourth-order valence-corrected chi connectivity index (χ4v) is 3.08. The van der Waals surface area contributed by atoms with Crippen LogP contribution in [0, 0.1) is 6.92 Å². The van der Waals surface area contributed by atoms with Crippen molar-refractivity contribution in [3.05, 3.63) is 23.8 Å². The summed E-state index contributed by atoms with van der Waals surface area (Å²) in [5.41, 5.74) is 1.57. The molecule has 2 N–H and O–H groups in total. The van der Waals surface area contributed by atoms with Crippen LogP contribution in [0.3, 0.4) is 0 Å². The Morgan fingerprint density at radius 3 is 2.88 bits per heavy atom. The summed E-state index contributed by atoms with van der Waals surface area (Å²) in [6, 6.07) is 5.84. The maximum atomic E-state index is 12.1. The summed E-state index contributed by atoms with van der Waals surface area (Å²) in [6.45, 7) is 1.80. The highest BCUT2D eigenvalue weighted by Gasteiger charge is 2.28. The minimum atomic E-state index is -0.324. The van der Waals surface area contributed by atoms with Gasteiger partial charge in [-0.2, -0.15) is 0 Å². The van der Waals surface area contributed by atoms with Crippen molar-refractivity contribution >= 4 is 29.3 Å². The Labute approximate surface area is 154 Å². The molecule has 0 radical (unpaired) electrons. The van der Waals surface area contributed by atoms with Gasteiger partial charge in [0.15, 0.2) is 0 Å². The molecular formula is C16H20N6O3S. The largest absolute Gasteiger partial charge is 0.495 e. The van der Waals surface area contributed by atoms with Crippen molar-refractivity contribution in [3.8, 4) is 5.75 Å². The number of nitrogens with one attached hydrogen (secondary N) is 2. The molecule has 9 nitrogen and oxygen atoms in total. The van der Waals surface area contributed by atoms with Gasteiger partial charge >= 0.3 is 0 Å². The average Bonchev–Trinajstić information content (AvgIpc) is 3.36. The second kappa shape index (κ2) is 8.17. The van der Waals surface area contributed by atoms with Crippen LogP contribution in [0.15, 0.2) is 23.4 Å². The molecule has 138 valence electrons. The topological polar surface area (TPSA) is 111 Å². The van der Waals surface area contributed by atoms with E-state index in [4.69, 9.17) is 4.74 Å². The number of amides is 2. The van der Waals surface area contributed by atoms with Crippen molar-refractivity contribution in [3.63, 3.8) is 0 Å². The highest BCUT2D eigenvalue weighted by molar-refractivity contribution is 7.99. The molecule has 26 heavy (non-hydrogen) atoms. The molecule has 0 bridgehead atoms. The van der Waals surface area contributed by atoms with Gasteiger partial charge in [0.2, 0.25) is 17.0 Å². The van der Waals surface area contributed by atoms with E-state index in [-0.39, 0.29) is 24.1 Å². The molecule has 0 saturated heterocycles. The van der Waals surface area contributed by atoms with Gasteiger partial charge in [-0.3, -0.25) is 9.59 Å². The molecule has 1 aliphatic carbocycles. The predicted molar refractivity (Wildman–Crippen MR) is 96.2 cm³/mol. The van der Waals surface area contributed by atoms with E-state index in [2.05, 4.69) is 26.2 Å². The van der Waals surface area contributed by atoms with Gasteiger partial charge in [-0.05, 0) is 47.9 Å². The Morgan fingerprint density at radius 1 is 1.35 bits per heavy atom.